The second-order valence-corrected chi connectivity index (χ2v) is 6.78. The third-order valence-electron chi connectivity index (χ3n) is 4.68. The van der Waals surface area contributed by atoms with E-state index in [4.69, 9.17) is 0 Å². The van der Waals surface area contributed by atoms with E-state index < -0.39 is 0 Å². The average molecular weight is 361 g/mol. The van der Waals surface area contributed by atoms with Gasteiger partial charge < -0.3 is 10.4 Å². The molecular weight excluding hydrogens is 338 g/mol. The number of phenols is 1. The number of nitrogens with one attached hydrogen (secondary N) is 1. The Hall–Kier alpha value is -2.99. The second kappa shape index (κ2) is 7.72. The number of rotatable bonds is 1. The van der Waals surface area contributed by atoms with Gasteiger partial charge in [-0.1, -0.05) is 6.42 Å². The fourth-order valence-corrected chi connectivity index (χ4v) is 3.30. The molecule has 0 saturated carbocycles. The largest absolute Gasteiger partial charge is 0.507 e. The lowest BCUT2D eigenvalue weighted by Gasteiger charge is -2.08. The Morgan fingerprint density at radius 3 is 2.59 bits per heavy atom. The molecule has 0 radical (unpaired) electrons. The fraction of sp³-hybridized carbons (Fsp3) is 0.286. The van der Waals surface area contributed by atoms with Crippen LogP contribution in [-0.2, 0) is 7.05 Å². The standard InChI is InChI=1S/C16H12N4O.C5H11N/c1-20-9-10-7-11(16(21)8-15(10)19-20)12-4-5-13-14(18-12)3-2-6-17-13;1-2-4-6-5-3-1/h2-9,21H,1H3;6H,1-5H2. The molecule has 0 aliphatic carbocycles. The van der Waals surface area contributed by atoms with Gasteiger partial charge >= 0.3 is 0 Å². The summed E-state index contributed by atoms with van der Waals surface area (Å²) in [5.74, 6) is 0.178. The van der Waals surface area contributed by atoms with Crippen LogP contribution in [0.3, 0.4) is 0 Å². The van der Waals surface area contributed by atoms with Gasteiger partial charge in [-0.25, -0.2) is 4.98 Å². The molecule has 3 aromatic heterocycles. The number of hydrogen-bond donors (Lipinski definition) is 2. The first-order chi connectivity index (χ1) is 13.2. The first-order valence-corrected chi connectivity index (χ1v) is 9.30. The van der Waals surface area contributed by atoms with Crippen molar-refractivity contribution in [1.82, 2.24) is 25.1 Å². The Morgan fingerprint density at radius 2 is 1.85 bits per heavy atom. The van der Waals surface area contributed by atoms with Gasteiger partial charge in [0.05, 0.1) is 22.2 Å². The van der Waals surface area contributed by atoms with Crippen molar-refractivity contribution >= 4 is 21.9 Å². The monoisotopic (exact) mass is 361 g/mol. The third-order valence-corrected chi connectivity index (χ3v) is 4.68. The van der Waals surface area contributed by atoms with Crippen LogP contribution in [0.15, 0.2) is 48.8 Å². The van der Waals surface area contributed by atoms with E-state index in [2.05, 4.69) is 20.4 Å². The SMILES string of the molecule is C1CCNCC1.Cn1cc2cc(-c3ccc4ncccc4n3)c(O)cc2n1. The number of phenolic OH excluding ortho intramolecular Hbond substituents is 1. The van der Waals surface area contributed by atoms with Crippen LogP contribution in [0.4, 0.5) is 0 Å². The van der Waals surface area contributed by atoms with Crippen LogP contribution in [0.1, 0.15) is 19.3 Å². The molecule has 2 N–H and O–H groups in total. The van der Waals surface area contributed by atoms with E-state index in [-0.39, 0.29) is 5.75 Å². The molecule has 27 heavy (non-hydrogen) atoms. The predicted molar refractivity (Wildman–Crippen MR) is 108 cm³/mol. The minimum atomic E-state index is 0.178. The average Bonchev–Trinajstić information content (AvgIpc) is 3.07. The highest BCUT2D eigenvalue weighted by Crippen LogP contribution is 2.32. The summed E-state index contributed by atoms with van der Waals surface area (Å²) in [5, 5.41) is 18.8. The van der Waals surface area contributed by atoms with Gasteiger partial charge in [-0.05, 0) is 56.3 Å². The number of benzene rings is 1. The van der Waals surface area contributed by atoms with Crippen molar-refractivity contribution in [2.45, 2.75) is 19.3 Å². The van der Waals surface area contributed by atoms with Crippen molar-refractivity contribution in [3.8, 4) is 17.0 Å². The lowest BCUT2D eigenvalue weighted by Crippen LogP contribution is -2.21. The van der Waals surface area contributed by atoms with Crippen LogP contribution < -0.4 is 5.32 Å². The molecule has 6 nitrogen and oxygen atoms in total. The van der Waals surface area contributed by atoms with Gasteiger partial charge in [0, 0.05) is 36.5 Å². The van der Waals surface area contributed by atoms with Crippen molar-refractivity contribution in [2.24, 2.45) is 7.05 Å². The molecule has 1 aromatic carbocycles. The minimum Gasteiger partial charge on any atom is -0.507 e. The van der Waals surface area contributed by atoms with E-state index in [1.165, 1.54) is 32.4 Å². The van der Waals surface area contributed by atoms with E-state index >= 15 is 0 Å². The highest BCUT2D eigenvalue weighted by molar-refractivity contribution is 5.88. The predicted octanol–water partition coefficient (Wildman–Crippen LogP) is 3.65. The van der Waals surface area contributed by atoms with Gasteiger partial charge in [-0.3, -0.25) is 9.67 Å². The molecule has 6 heteroatoms. The Bertz CT molecular complexity index is 1060. The molecule has 0 spiro atoms. The Kier molecular flexibility index (Phi) is 4.98. The summed E-state index contributed by atoms with van der Waals surface area (Å²) in [6.45, 7) is 2.50. The lowest BCUT2D eigenvalue weighted by molar-refractivity contribution is 0.478. The van der Waals surface area contributed by atoms with Gasteiger partial charge in [0.1, 0.15) is 5.75 Å². The summed E-state index contributed by atoms with van der Waals surface area (Å²) in [6.07, 6.45) is 7.87. The number of aryl methyl sites for hydroxylation is 1. The zero-order valence-electron chi connectivity index (χ0n) is 15.4. The Morgan fingerprint density at radius 1 is 1.00 bits per heavy atom. The van der Waals surface area contributed by atoms with Crippen LogP contribution >= 0.6 is 0 Å². The maximum absolute atomic E-state index is 10.2. The van der Waals surface area contributed by atoms with Crippen molar-refractivity contribution in [2.75, 3.05) is 13.1 Å². The van der Waals surface area contributed by atoms with Gasteiger partial charge in [-0.15, -0.1) is 0 Å². The van der Waals surface area contributed by atoms with Gasteiger partial charge in [0.25, 0.3) is 0 Å². The highest BCUT2D eigenvalue weighted by atomic mass is 16.3. The lowest BCUT2D eigenvalue weighted by atomic mass is 10.1. The molecule has 0 atom stereocenters. The number of pyridine rings is 2. The molecule has 0 bridgehead atoms. The van der Waals surface area contributed by atoms with Crippen LogP contribution in [-0.4, -0.2) is 37.9 Å². The zero-order chi connectivity index (χ0) is 18.6. The maximum Gasteiger partial charge on any atom is 0.127 e. The highest BCUT2D eigenvalue weighted by Gasteiger charge is 2.10. The summed E-state index contributed by atoms with van der Waals surface area (Å²) in [6, 6.07) is 11.1. The van der Waals surface area contributed by atoms with E-state index in [1.807, 2.05) is 43.6 Å². The molecule has 4 heterocycles. The van der Waals surface area contributed by atoms with Crippen molar-refractivity contribution in [3.05, 3.63) is 48.8 Å². The molecule has 0 unspecified atom stereocenters. The van der Waals surface area contributed by atoms with Crippen molar-refractivity contribution < 1.29 is 5.11 Å². The minimum absolute atomic E-state index is 0.178. The van der Waals surface area contributed by atoms with E-state index in [0.29, 0.717) is 5.56 Å². The summed E-state index contributed by atoms with van der Waals surface area (Å²) >= 11 is 0. The molecule has 138 valence electrons. The number of nitrogens with zero attached hydrogens (tertiary/aromatic N) is 4. The van der Waals surface area contributed by atoms with Crippen LogP contribution in [0.5, 0.6) is 5.75 Å². The topological polar surface area (TPSA) is 75.9 Å². The van der Waals surface area contributed by atoms with Crippen molar-refractivity contribution in [1.29, 1.82) is 0 Å². The zero-order valence-corrected chi connectivity index (χ0v) is 15.4. The number of hydrogen-bond acceptors (Lipinski definition) is 5. The first-order valence-electron chi connectivity index (χ1n) is 9.30. The van der Waals surface area contributed by atoms with Crippen molar-refractivity contribution in [3.63, 3.8) is 0 Å². The molecule has 1 aliphatic heterocycles. The first kappa shape index (κ1) is 17.4. The summed E-state index contributed by atoms with van der Waals surface area (Å²) in [7, 11) is 1.86. The number of aromatic hydroxyl groups is 1. The smallest absolute Gasteiger partial charge is 0.127 e. The molecule has 1 fully saturated rings. The normalized spacial score (nSPS) is 14.1. The summed E-state index contributed by atoms with van der Waals surface area (Å²) < 4.78 is 1.73. The van der Waals surface area contributed by atoms with Crippen LogP contribution in [0, 0.1) is 0 Å². The number of fused-ring (bicyclic) bond motifs is 2. The van der Waals surface area contributed by atoms with Crippen LogP contribution in [0.25, 0.3) is 33.2 Å². The molecule has 1 saturated heterocycles. The molecule has 1 aliphatic rings. The molecule has 0 amide bonds. The summed E-state index contributed by atoms with van der Waals surface area (Å²) in [5.41, 5.74) is 3.82. The van der Waals surface area contributed by atoms with E-state index in [1.54, 1.807) is 16.9 Å². The fourth-order valence-electron chi connectivity index (χ4n) is 3.30. The second-order valence-electron chi connectivity index (χ2n) is 6.78. The summed E-state index contributed by atoms with van der Waals surface area (Å²) in [4.78, 5) is 8.82. The number of aromatic nitrogens is 4. The van der Waals surface area contributed by atoms with E-state index in [0.717, 1.165) is 27.6 Å². The number of piperidine rings is 1. The van der Waals surface area contributed by atoms with E-state index in [9.17, 15) is 5.11 Å². The van der Waals surface area contributed by atoms with Gasteiger partial charge in [-0.2, -0.15) is 5.10 Å². The van der Waals surface area contributed by atoms with Gasteiger partial charge in [0.15, 0.2) is 0 Å². The molecular formula is C21H23N5O. The molecule has 5 rings (SSSR count). The molecule has 4 aromatic rings. The Labute approximate surface area is 157 Å². The Balaban J connectivity index is 0.000000257. The third kappa shape index (κ3) is 3.90. The maximum atomic E-state index is 10.2. The quantitative estimate of drug-likeness (QED) is 0.541. The van der Waals surface area contributed by atoms with Crippen LogP contribution in [0.2, 0.25) is 0 Å². The van der Waals surface area contributed by atoms with Gasteiger partial charge in [0.2, 0.25) is 0 Å².